The number of ether oxygens (including phenoxy) is 2. The van der Waals surface area contributed by atoms with Crippen molar-refractivity contribution in [2.45, 2.75) is 13.5 Å². The molecule has 5 rings (SSSR count). The molecule has 0 saturated carbocycles. The predicted octanol–water partition coefficient (Wildman–Crippen LogP) is 4.74. The number of methoxy groups -OCH3 is 2. The van der Waals surface area contributed by atoms with E-state index in [1.165, 1.54) is 11.3 Å². The van der Waals surface area contributed by atoms with Crippen LogP contribution in [0.3, 0.4) is 0 Å². The van der Waals surface area contributed by atoms with Gasteiger partial charge in [-0.25, -0.2) is 4.98 Å². The maximum atomic E-state index is 5.49. The molecule has 1 aromatic heterocycles. The average molecular weight is 443 g/mol. The summed E-state index contributed by atoms with van der Waals surface area (Å²) in [5.74, 6) is 2.60. The van der Waals surface area contributed by atoms with E-state index in [1.807, 2.05) is 12.1 Å². The number of rotatable bonds is 6. The largest absolute Gasteiger partial charge is 0.497 e. The third-order valence-corrected chi connectivity index (χ3v) is 6.40. The summed E-state index contributed by atoms with van der Waals surface area (Å²) in [5, 5.41) is 0. The zero-order valence-electron chi connectivity index (χ0n) is 19.5. The smallest absolute Gasteiger partial charge is 0.206 e. The van der Waals surface area contributed by atoms with Crippen LogP contribution < -0.4 is 19.3 Å². The molecule has 0 aliphatic carbocycles. The number of piperazine rings is 1. The number of hydrogen-bond acceptors (Lipinski definition) is 5. The maximum Gasteiger partial charge on any atom is 0.206 e. The van der Waals surface area contributed by atoms with Crippen molar-refractivity contribution in [3.63, 3.8) is 0 Å². The van der Waals surface area contributed by atoms with Crippen molar-refractivity contribution < 1.29 is 9.47 Å². The fourth-order valence-corrected chi connectivity index (χ4v) is 4.67. The van der Waals surface area contributed by atoms with Gasteiger partial charge in [-0.3, -0.25) is 0 Å². The molecule has 33 heavy (non-hydrogen) atoms. The zero-order valence-corrected chi connectivity index (χ0v) is 19.5. The van der Waals surface area contributed by atoms with Gasteiger partial charge in [0.25, 0.3) is 0 Å². The molecule has 0 N–H and O–H groups in total. The van der Waals surface area contributed by atoms with Crippen LogP contribution in [0.25, 0.3) is 11.0 Å². The molecule has 6 heteroatoms. The highest BCUT2D eigenvalue weighted by Gasteiger charge is 2.23. The van der Waals surface area contributed by atoms with Crippen molar-refractivity contribution >= 4 is 22.7 Å². The molecule has 6 nitrogen and oxygen atoms in total. The highest BCUT2D eigenvalue weighted by atomic mass is 16.5. The van der Waals surface area contributed by atoms with Gasteiger partial charge in [-0.2, -0.15) is 0 Å². The van der Waals surface area contributed by atoms with Crippen LogP contribution in [0.15, 0.2) is 66.7 Å². The zero-order chi connectivity index (χ0) is 22.8. The molecule has 170 valence electrons. The summed E-state index contributed by atoms with van der Waals surface area (Å²) in [4.78, 5) is 9.93. The lowest BCUT2D eigenvalue weighted by Crippen LogP contribution is -2.47. The van der Waals surface area contributed by atoms with E-state index >= 15 is 0 Å². The first-order valence-electron chi connectivity index (χ1n) is 11.4. The Kier molecular flexibility index (Phi) is 5.82. The van der Waals surface area contributed by atoms with Gasteiger partial charge in [-0.1, -0.05) is 30.3 Å². The number of aryl methyl sites for hydroxylation is 1. The number of para-hydroxylation sites is 3. The monoisotopic (exact) mass is 442 g/mol. The number of benzene rings is 3. The van der Waals surface area contributed by atoms with Gasteiger partial charge in [-0.15, -0.1) is 0 Å². The lowest BCUT2D eigenvalue weighted by molar-refractivity contribution is 0.393. The molecule has 0 spiro atoms. The van der Waals surface area contributed by atoms with Gasteiger partial charge >= 0.3 is 0 Å². The summed E-state index contributed by atoms with van der Waals surface area (Å²) in [6.45, 7) is 6.69. The molecule has 4 aromatic rings. The summed E-state index contributed by atoms with van der Waals surface area (Å²) >= 11 is 0. The molecule has 2 heterocycles. The Morgan fingerprint density at radius 1 is 0.788 bits per heavy atom. The van der Waals surface area contributed by atoms with E-state index in [2.05, 4.69) is 75.9 Å². The second-order valence-electron chi connectivity index (χ2n) is 8.47. The van der Waals surface area contributed by atoms with Crippen molar-refractivity contribution in [3.05, 3.63) is 77.9 Å². The van der Waals surface area contributed by atoms with Crippen molar-refractivity contribution in [1.29, 1.82) is 0 Å². The molecule has 1 aliphatic rings. The van der Waals surface area contributed by atoms with Crippen LogP contribution in [-0.2, 0) is 6.54 Å². The van der Waals surface area contributed by atoms with E-state index in [0.717, 1.165) is 60.2 Å². The van der Waals surface area contributed by atoms with Gasteiger partial charge in [-0.05, 0) is 48.4 Å². The SMILES string of the molecule is COc1cc(Cn2c(N3CCN(c4ccccc4C)CC3)nc3ccccc32)cc(OC)c1. The summed E-state index contributed by atoms with van der Waals surface area (Å²) in [5.41, 5.74) is 5.92. The first kappa shape index (κ1) is 21.2. The molecular weight excluding hydrogens is 412 g/mol. The first-order valence-corrected chi connectivity index (χ1v) is 11.4. The number of hydrogen-bond donors (Lipinski definition) is 0. The van der Waals surface area contributed by atoms with Crippen molar-refractivity contribution in [2.75, 3.05) is 50.2 Å². The molecule has 1 saturated heterocycles. The fraction of sp³-hybridized carbons (Fsp3) is 0.296. The van der Waals surface area contributed by atoms with E-state index in [9.17, 15) is 0 Å². The van der Waals surface area contributed by atoms with Crippen LogP contribution >= 0.6 is 0 Å². The van der Waals surface area contributed by atoms with Gasteiger partial charge in [0.1, 0.15) is 11.5 Å². The summed E-state index contributed by atoms with van der Waals surface area (Å²) in [7, 11) is 3.37. The minimum absolute atomic E-state index is 0.696. The minimum Gasteiger partial charge on any atom is -0.497 e. The molecule has 3 aromatic carbocycles. The normalized spacial score (nSPS) is 14.0. The standard InChI is InChI=1S/C27H30N4O2/c1-20-8-4-6-10-25(20)29-12-14-30(15-13-29)27-28-24-9-5-7-11-26(24)31(27)19-21-16-22(32-2)18-23(17-21)33-3/h4-11,16-18H,12-15,19H2,1-3H3. The van der Waals surface area contributed by atoms with Crippen LogP contribution in [0.2, 0.25) is 0 Å². The summed E-state index contributed by atoms with van der Waals surface area (Å²) in [6, 6.07) is 23.0. The Hall–Kier alpha value is -3.67. The number of fused-ring (bicyclic) bond motifs is 1. The lowest BCUT2D eigenvalue weighted by Gasteiger charge is -2.37. The van der Waals surface area contributed by atoms with Gasteiger partial charge in [0.15, 0.2) is 0 Å². The highest BCUT2D eigenvalue weighted by molar-refractivity contribution is 5.79. The number of nitrogens with zero attached hydrogens (tertiary/aromatic N) is 4. The predicted molar refractivity (Wildman–Crippen MR) is 134 cm³/mol. The van der Waals surface area contributed by atoms with Crippen LogP contribution in [0.4, 0.5) is 11.6 Å². The van der Waals surface area contributed by atoms with Crippen LogP contribution in [0.5, 0.6) is 11.5 Å². The van der Waals surface area contributed by atoms with Crippen LogP contribution in [-0.4, -0.2) is 49.9 Å². The quantitative estimate of drug-likeness (QED) is 0.432. The number of imidazole rings is 1. The second kappa shape index (κ2) is 9.06. The number of aromatic nitrogens is 2. The molecule has 0 amide bonds. The van der Waals surface area contributed by atoms with Gasteiger partial charge in [0, 0.05) is 37.9 Å². The van der Waals surface area contributed by atoms with E-state index < -0.39 is 0 Å². The molecule has 0 unspecified atom stereocenters. The van der Waals surface area contributed by atoms with Crippen LogP contribution in [0.1, 0.15) is 11.1 Å². The van der Waals surface area contributed by atoms with E-state index in [-0.39, 0.29) is 0 Å². The minimum atomic E-state index is 0.696. The Labute approximate surface area is 195 Å². The second-order valence-corrected chi connectivity index (χ2v) is 8.47. The van der Waals surface area contributed by atoms with Crippen molar-refractivity contribution in [3.8, 4) is 11.5 Å². The highest BCUT2D eigenvalue weighted by Crippen LogP contribution is 2.29. The summed E-state index contributed by atoms with van der Waals surface area (Å²) < 4.78 is 13.3. The van der Waals surface area contributed by atoms with Gasteiger partial charge < -0.3 is 23.8 Å². The fourth-order valence-electron chi connectivity index (χ4n) is 4.67. The van der Waals surface area contributed by atoms with E-state index in [0.29, 0.717) is 6.54 Å². The topological polar surface area (TPSA) is 42.8 Å². The Bertz CT molecular complexity index is 1240. The lowest BCUT2D eigenvalue weighted by atomic mass is 10.1. The van der Waals surface area contributed by atoms with Crippen molar-refractivity contribution in [1.82, 2.24) is 9.55 Å². The Morgan fingerprint density at radius 2 is 1.42 bits per heavy atom. The third kappa shape index (κ3) is 4.21. The third-order valence-electron chi connectivity index (χ3n) is 6.40. The molecule has 1 fully saturated rings. The Balaban J connectivity index is 1.45. The summed E-state index contributed by atoms with van der Waals surface area (Å²) in [6.07, 6.45) is 0. The average Bonchev–Trinajstić information content (AvgIpc) is 3.22. The molecule has 0 radical (unpaired) electrons. The van der Waals surface area contributed by atoms with Crippen LogP contribution in [0, 0.1) is 6.92 Å². The molecule has 0 atom stereocenters. The molecule has 1 aliphatic heterocycles. The van der Waals surface area contributed by atoms with E-state index in [4.69, 9.17) is 14.5 Å². The Morgan fingerprint density at radius 3 is 2.12 bits per heavy atom. The number of anilines is 2. The molecule has 0 bridgehead atoms. The molecular formula is C27H30N4O2. The first-order chi connectivity index (χ1) is 16.2. The van der Waals surface area contributed by atoms with Gasteiger partial charge in [0.05, 0.1) is 31.8 Å². The maximum absolute atomic E-state index is 5.49. The van der Waals surface area contributed by atoms with E-state index in [1.54, 1.807) is 14.2 Å². The van der Waals surface area contributed by atoms with Crippen molar-refractivity contribution in [2.24, 2.45) is 0 Å². The van der Waals surface area contributed by atoms with Gasteiger partial charge in [0.2, 0.25) is 5.95 Å².